The van der Waals surface area contributed by atoms with Gasteiger partial charge >= 0.3 is 0 Å². The Morgan fingerprint density at radius 2 is 1.60 bits per heavy atom. The Morgan fingerprint density at radius 1 is 1.60 bits per heavy atom. The second-order valence-electron chi connectivity index (χ2n) is 0.0745. The van der Waals surface area contributed by atoms with Crippen molar-refractivity contribution in [1.82, 2.24) is 6.15 Å². The number of rotatable bonds is 0. The zero-order chi connectivity index (χ0) is 2.71. The summed E-state index contributed by atoms with van der Waals surface area (Å²) in [5, 5.41) is 9.00. The topological polar surface area (TPSA) is 87.5 Å². The maximum Gasteiger partial charge on any atom is 0 e. The Hall–Kier alpha value is 0.0483. The van der Waals surface area contributed by atoms with E-state index in [2.05, 4.69) is 0 Å². The molecular weight excluding hydrogens is 255 g/mol. The van der Waals surface area contributed by atoms with Gasteiger partial charge in [0.1, 0.15) is 0 Å². The van der Waals surface area contributed by atoms with E-state index >= 15 is 0 Å². The van der Waals surface area contributed by atoms with Crippen molar-refractivity contribution >= 4 is 0 Å². The van der Waals surface area contributed by atoms with Crippen LogP contribution in [0.3, 0.4) is 0 Å². The average molecular weight is 258 g/mol. The van der Waals surface area contributed by atoms with Crippen LogP contribution in [0.2, 0.25) is 0 Å². The second-order valence-corrected chi connectivity index (χ2v) is 0.0745. The maximum absolute atomic E-state index is 8.00. The zero-order valence-corrected chi connectivity index (χ0v) is 4.56. The molecule has 0 rings (SSSR count). The van der Waals surface area contributed by atoms with Crippen molar-refractivity contribution in [2.75, 3.05) is 0 Å². The molecule has 3 N–H and O–H groups in total. The van der Waals surface area contributed by atoms with Gasteiger partial charge in [0.25, 0.3) is 0 Å². The summed E-state index contributed by atoms with van der Waals surface area (Å²) in [5.41, 5.74) is 0. The molecule has 0 aliphatic carbocycles. The minimum atomic E-state index is 0. The van der Waals surface area contributed by atoms with Gasteiger partial charge in [0.2, 0.25) is 0 Å². The first-order valence-corrected chi connectivity index (χ1v) is 0.365. The summed E-state index contributed by atoms with van der Waals surface area (Å²) in [6.45, 7) is 0. The number of hydrogen-bond acceptors (Lipinski definition) is 4. The van der Waals surface area contributed by atoms with Crippen LogP contribution < -0.4 is 6.15 Å². The zero-order valence-electron chi connectivity index (χ0n) is 2.29. The molecule has 0 aromatic rings. The molecule has 5 heteroatoms. The average Bonchev–Trinajstić information content (AvgIpc) is 0.918. The van der Waals surface area contributed by atoms with Crippen molar-refractivity contribution in [3.05, 3.63) is 10.1 Å². The predicted molar refractivity (Wildman–Crippen MR) is 14.2 cm³/mol. The molecule has 0 fully saturated rings. The standard InChI is InChI=1S/HNO2.H3N.Pt/c2-1-3;;/h(H,2,3);1H3;/p-1. The van der Waals surface area contributed by atoms with Gasteiger partial charge in [0.05, 0.1) is 0 Å². The van der Waals surface area contributed by atoms with E-state index < -0.39 is 0 Å². The van der Waals surface area contributed by atoms with Crippen LogP contribution in [0.4, 0.5) is 0 Å². The van der Waals surface area contributed by atoms with Crippen molar-refractivity contribution in [2.45, 2.75) is 0 Å². The van der Waals surface area contributed by atoms with Crippen molar-refractivity contribution in [2.24, 2.45) is 5.34 Å². The van der Waals surface area contributed by atoms with Crippen LogP contribution in [-0.2, 0) is 21.1 Å². The molecular formula is H3N2O2Pt-. The van der Waals surface area contributed by atoms with Gasteiger partial charge in [-0.05, 0) is 0 Å². The number of hydrogen-bond donors (Lipinski definition) is 1. The normalized spacial score (nSPS) is 2.40. The van der Waals surface area contributed by atoms with Gasteiger partial charge in [-0.2, -0.15) is 0 Å². The SMILES string of the molecule is N.O=N[O-].[Pt]. The quantitative estimate of drug-likeness (QED) is 0.504. The summed E-state index contributed by atoms with van der Waals surface area (Å²) < 4.78 is 0. The first-order valence-electron chi connectivity index (χ1n) is 0.365. The fourth-order valence-corrected chi connectivity index (χ4v) is 0. The van der Waals surface area contributed by atoms with Gasteiger partial charge in [0, 0.05) is 21.1 Å². The Morgan fingerprint density at radius 3 is 1.60 bits per heavy atom. The molecule has 0 aliphatic heterocycles. The third kappa shape index (κ3) is 7280. The van der Waals surface area contributed by atoms with Crippen molar-refractivity contribution in [3.63, 3.8) is 0 Å². The molecule has 4 nitrogen and oxygen atoms in total. The van der Waals surface area contributed by atoms with Crippen LogP contribution in [0, 0.1) is 10.1 Å². The van der Waals surface area contributed by atoms with Crippen LogP contribution in [0.1, 0.15) is 0 Å². The first-order chi connectivity index (χ1) is 1.41. The molecule has 0 heterocycles. The molecule has 0 aliphatic rings. The summed E-state index contributed by atoms with van der Waals surface area (Å²) in [6.07, 6.45) is 0. The molecule has 0 saturated heterocycles. The molecule has 0 atom stereocenters. The molecule has 0 amide bonds. The van der Waals surface area contributed by atoms with E-state index in [9.17, 15) is 0 Å². The summed E-state index contributed by atoms with van der Waals surface area (Å²) in [6, 6.07) is 0. The molecule has 36 valence electrons. The molecule has 0 aromatic heterocycles. The predicted octanol–water partition coefficient (Wildman–Crippen LogP) is 0.410. The molecule has 0 saturated carbocycles. The Balaban J connectivity index is -0.0000000200. The second kappa shape index (κ2) is 34.2. The molecule has 0 spiro atoms. The van der Waals surface area contributed by atoms with Crippen LogP contribution in [-0.4, -0.2) is 0 Å². The maximum atomic E-state index is 8.00. The third-order valence-electron chi connectivity index (χ3n) is 0. The molecule has 0 aromatic carbocycles. The summed E-state index contributed by atoms with van der Waals surface area (Å²) in [5.74, 6) is 0. The van der Waals surface area contributed by atoms with Gasteiger partial charge in [0.15, 0.2) is 0 Å². The Labute approximate surface area is 43.3 Å². The van der Waals surface area contributed by atoms with Crippen molar-refractivity contribution in [3.8, 4) is 0 Å². The monoisotopic (exact) mass is 258 g/mol. The Kier molecular flexibility index (Phi) is 135. The van der Waals surface area contributed by atoms with Crippen molar-refractivity contribution in [1.29, 1.82) is 0 Å². The smallest absolute Gasteiger partial charge is 0 e. The molecule has 0 radical (unpaired) electrons. The van der Waals surface area contributed by atoms with Gasteiger partial charge in [-0.25, -0.2) is 0 Å². The molecule has 0 unspecified atom stereocenters. The van der Waals surface area contributed by atoms with E-state index in [1.807, 2.05) is 0 Å². The van der Waals surface area contributed by atoms with E-state index in [-0.39, 0.29) is 27.2 Å². The summed E-state index contributed by atoms with van der Waals surface area (Å²) in [4.78, 5) is 8.00. The fourth-order valence-electron chi connectivity index (χ4n) is 0. The van der Waals surface area contributed by atoms with Crippen molar-refractivity contribution < 1.29 is 21.1 Å². The van der Waals surface area contributed by atoms with E-state index in [0.717, 1.165) is 5.34 Å². The van der Waals surface area contributed by atoms with Crippen LogP contribution in [0.5, 0.6) is 0 Å². The molecule has 5 heavy (non-hydrogen) atoms. The minimum absolute atomic E-state index is 0. The van der Waals surface area contributed by atoms with Gasteiger partial charge < -0.3 is 16.3 Å². The van der Waals surface area contributed by atoms with E-state index in [1.54, 1.807) is 0 Å². The van der Waals surface area contributed by atoms with E-state index in [4.69, 9.17) is 10.1 Å². The third-order valence-corrected chi connectivity index (χ3v) is 0. The first kappa shape index (κ1) is 19.7. The molecule has 0 bridgehead atoms. The summed E-state index contributed by atoms with van der Waals surface area (Å²) in [7, 11) is 0. The van der Waals surface area contributed by atoms with E-state index in [0.29, 0.717) is 0 Å². The minimum Gasteiger partial charge on any atom is -0.444 e. The van der Waals surface area contributed by atoms with Crippen LogP contribution >= 0.6 is 0 Å². The van der Waals surface area contributed by atoms with Crippen LogP contribution in [0.15, 0.2) is 5.34 Å². The largest absolute Gasteiger partial charge is 0.444 e. The Bertz CT molecular complexity index is 15.1. The van der Waals surface area contributed by atoms with Gasteiger partial charge in [-0.15, -0.1) is 5.34 Å². The van der Waals surface area contributed by atoms with E-state index in [1.165, 1.54) is 0 Å². The van der Waals surface area contributed by atoms with Gasteiger partial charge in [-0.3, -0.25) is 0 Å². The summed E-state index contributed by atoms with van der Waals surface area (Å²) >= 11 is 0. The number of nitrogens with zero attached hydrogens (tertiary/aromatic N) is 1. The van der Waals surface area contributed by atoms with Gasteiger partial charge in [-0.1, -0.05) is 0 Å². The fraction of sp³-hybridized carbons (Fsp3) is 0. The van der Waals surface area contributed by atoms with Crippen LogP contribution in [0.25, 0.3) is 0 Å².